The zero-order chi connectivity index (χ0) is 12.9. The van der Waals surface area contributed by atoms with Crippen LogP contribution < -0.4 is 0 Å². The summed E-state index contributed by atoms with van der Waals surface area (Å²) in [6.45, 7) is 4.60. The van der Waals surface area contributed by atoms with Gasteiger partial charge in [-0.05, 0) is 20.8 Å². The van der Waals surface area contributed by atoms with Crippen molar-refractivity contribution >= 4 is 5.97 Å². The lowest BCUT2D eigenvalue weighted by Crippen LogP contribution is -2.52. The van der Waals surface area contributed by atoms with Crippen LogP contribution in [0, 0.1) is 0 Å². The van der Waals surface area contributed by atoms with Gasteiger partial charge in [0, 0.05) is 13.1 Å². The maximum absolute atomic E-state index is 11.0. The van der Waals surface area contributed by atoms with E-state index in [0.29, 0.717) is 0 Å². The Labute approximate surface area is 95.1 Å². The molecule has 0 rings (SSSR count). The van der Waals surface area contributed by atoms with Crippen LogP contribution in [0.25, 0.3) is 0 Å². The Kier molecular flexibility index (Phi) is 6.51. The van der Waals surface area contributed by atoms with E-state index in [2.05, 4.69) is 0 Å². The molecule has 6 heteroatoms. The van der Waals surface area contributed by atoms with Gasteiger partial charge in [0.05, 0.1) is 18.3 Å². The lowest BCUT2D eigenvalue weighted by Gasteiger charge is -2.32. The van der Waals surface area contributed by atoms with Crippen molar-refractivity contribution in [3.8, 4) is 0 Å². The van der Waals surface area contributed by atoms with Gasteiger partial charge in [-0.25, -0.2) is 0 Å². The van der Waals surface area contributed by atoms with E-state index in [9.17, 15) is 20.1 Å². The highest BCUT2D eigenvalue weighted by molar-refractivity contribution is 5.74. The summed E-state index contributed by atoms with van der Waals surface area (Å²) in [6.07, 6.45) is -2.52. The average molecular weight is 235 g/mol. The molecule has 0 heterocycles. The second-order valence-corrected chi connectivity index (χ2v) is 4.18. The van der Waals surface area contributed by atoms with Crippen molar-refractivity contribution in [2.45, 2.75) is 45.1 Å². The Hall–Kier alpha value is -0.690. The third kappa shape index (κ3) is 5.41. The molecule has 16 heavy (non-hydrogen) atoms. The van der Waals surface area contributed by atoms with E-state index >= 15 is 0 Å². The van der Waals surface area contributed by atoms with Crippen LogP contribution in [0.4, 0.5) is 0 Å². The molecule has 0 aliphatic carbocycles. The number of hydrogen-bond donors (Lipinski definition) is 4. The molecule has 0 saturated carbocycles. The first-order chi connectivity index (χ1) is 7.25. The monoisotopic (exact) mass is 235 g/mol. The Morgan fingerprint density at radius 3 is 1.62 bits per heavy atom. The molecule has 4 unspecified atom stereocenters. The largest absolute Gasteiger partial charge is 0.480 e. The molecule has 0 amide bonds. The smallest absolute Gasteiger partial charge is 0.323 e. The maximum atomic E-state index is 11.0. The number of carbonyl (C=O) groups is 1. The van der Waals surface area contributed by atoms with Crippen molar-refractivity contribution in [3.63, 3.8) is 0 Å². The van der Waals surface area contributed by atoms with Gasteiger partial charge in [-0.1, -0.05) is 0 Å². The molecule has 0 bridgehead atoms. The van der Waals surface area contributed by atoms with Gasteiger partial charge >= 0.3 is 5.97 Å². The molecule has 0 radical (unpaired) electrons. The van der Waals surface area contributed by atoms with E-state index in [-0.39, 0.29) is 13.1 Å². The summed E-state index contributed by atoms with van der Waals surface area (Å²) in [5.41, 5.74) is 0. The average Bonchev–Trinajstić information content (AvgIpc) is 1.98. The van der Waals surface area contributed by atoms with Crippen LogP contribution in [0.15, 0.2) is 0 Å². The topological polar surface area (TPSA) is 101 Å². The zero-order valence-electron chi connectivity index (χ0n) is 9.87. The lowest BCUT2D eigenvalue weighted by atomic mass is 10.1. The second-order valence-electron chi connectivity index (χ2n) is 4.18. The first-order valence-corrected chi connectivity index (χ1v) is 5.26. The molecule has 0 saturated heterocycles. The van der Waals surface area contributed by atoms with Gasteiger partial charge in [0.2, 0.25) is 0 Å². The van der Waals surface area contributed by atoms with E-state index in [1.165, 1.54) is 25.7 Å². The highest BCUT2D eigenvalue weighted by Gasteiger charge is 2.31. The van der Waals surface area contributed by atoms with Gasteiger partial charge in [0.25, 0.3) is 0 Å². The van der Waals surface area contributed by atoms with Gasteiger partial charge < -0.3 is 20.4 Å². The van der Waals surface area contributed by atoms with Crippen LogP contribution in [0.3, 0.4) is 0 Å². The SMILES string of the molecule is CC(O)CN(CC(C)O)C(C(=O)O)C(C)O. The van der Waals surface area contributed by atoms with Gasteiger partial charge in [0.1, 0.15) is 6.04 Å². The molecule has 0 spiro atoms. The zero-order valence-corrected chi connectivity index (χ0v) is 9.87. The number of hydrogen-bond acceptors (Lipinski definition) is 5. The molecule has 4 atom stereocenters. The van der Waals surface area contributed by atoms with E-state index in [1.807, 2.05) is 0 Å². The molecule has 0 fully saturated rings. The second kappa shape index (κ2) is 6.80. The Morgan fingerprint density at radius 1 is 1.06 bits per heavy atom. The third-order valence-corrected chi connectivity index (χ3v) is 2.10. The Balaban J connectivity index is 4.73. The number of rotatable bonds is 7. The number of nitrogens with zero attached hydrogens (tertiary/aromatic N) is 1. The molecule has 0 aromatic carbocycles. The molecule has 0 aromatic heterocycles. The van der Waals surface area contributed by atoms with Gasteiger partial charge in [-0.3, -0.25) is 9.69 Å². The molecule has 0 aliphatic rings. The lowest BCUT2D eigenvalue weighted by molar-refractivity contribution is -0.148. The molecule has 6 nitrogen and oxygen atoms in total. The summed E-state index contributed by atoms with van der Waals surface area (Å²) in [5, 5.41) is 36.9. The number of aliphatic carboxylic acids is 1. The quantitative estimate of drug-likeness (QED) is 0.446. The fourth-order valence-electron chi connectivity index (χ4n) is 1.65. The summed E-state index contributed by atoms with van der Waals surface area (Å²) in [5.74, 6) is -1.17. The summed E-state index contributed by atoms with van der Waals surface area (Å²) in [6, 6.07) is -1.12. The van der Waals surface area contributed by atoms with Gasteiger partial charge in [-0.2, -0.15) is 0 Å². The first kappa shape index (κ1) is 15.3. The number of aliphatic hydroxyl groups is 3. The third-order valence-electron chi connectivity index (χ3n) is 2.10. The standard InChI is InChI=1S/C10H21NO5/c1-6(12)4-11(5-7(2)13)9(8(3)14)10(15)16/h6-9,12-14H,4-5H2,1-3H3,(H,15,16). The molecular formula is C10H21NO5. The number of carboxylic acid groups (broad SMARTS) is 1. The van der Waals surface area contributed by atoms with Crippen molar-refractivity contribution in [2.24, 2.45) is 0 Å². The highest BCUT2D eigenvalue weighted by atomic mass is 16.4. The van der Waals surface area contributed by atoms with E-state index < -0.39 is 30.3 Å². The summed E-state index contributed by atoms with van der Waals surface area (Å²) in [7, 11) is 0. The fourth-order valence-corrected chi connectivity index (χ4v) is 1.65. The minimum atomic E-state index is -1.17. The summed E-state index contributed by atoms with van der Waals surface area (Å²) in [4.78, 5) is 12.3. The van der Waals surface area contributed by atoms with Crippen LogP contribution in [0.1, 0.15) is 20.8 Å². The predicted octanol–water partition coefficient (Wildman–Crippen LogP) is -1.12. The van der Waals surface area contributed by atoms with Crippen LogP contribution in [0.2, 0.25) is 0 Å². The van der Waals surface area contributed by atoms with E-state index in [0.717, 1.165) is 0 Å². The molecular weight excluding hydrogens is 214 g/mol. The predicted molar refractivity (Wildman–Crippen MR) is 58.0 cm³/mol. The summed E-state index contributed by atoms with van der Waals surface area (Å²) >= 11 is 0. The molecule has 96 valence electrons. The van der Waals surface area contributed by atoms with Crippen LogP contribution >= 0.6 is 0 Å². The van der Waals surface area contributed by atoms with Gasteiger partial charge in [0.15, 0.2) is 0 Å². The van der Waals surface area contributed by atoms with Crippen LogP contribution in [0.5, 0.6) is 0 Å². The molecule has 0 aliphatic heterocycles. The first-order valence-electron chi connectivity index (χ1n) is 5.26. The maximum Gasteiger partial charge on any atom is 0.323 e. The number of aliphatic hydroxyl groups excluding tert-OH is 3. The van der Waals surface area contributed by atoms with Crippen LogP contribution in [-0.4, -0.2) is 68.7 Å². The van der Waals surface area contributed by atoms with Crippen molar-refractivity contribution in [3.05, 3.63) is 0 Å². The fraction of sp³-hybridized carbons (Fsp3) is 0.900. The normalized spacial score (nSPS) is 19.2. The minimum Gasteiger partial charge on any atom is -0.480 e. The Morgan fingerprint density at radius 2 is 1.44 bits per heavy atom. The van der Waals surface area contributed by atoms with Crippen molar-refractivity contribution < 1.29 is 25.2 Å². The number of carboxylic acids is 1. The minimum absolute atomic E-state index is 0.0900. The van der Waals surface area contributed by atoms with E-state index in [1.54, 1.807) is 0 Å². The summed E-state index contributed by atoms with van der Waals surface area (Å²) < 4.78 is 0. The van der Waals surface area contributed by atoms with Crippen molar-refractivity contribution in [1.29, 1.82) is 0 Å². The highest BCUT2D eigenvalue weighted by Crippen LogP contribution is 2.08. The van der Waals surface area contributed by atoms with Crippen molar-refractivity contribution in [1.82, 2.24) is 4.90 Å². The van der Waals surface area contributed by atoms with Crippen LogP contribution in [-0.2, 0) is 4.79 Å². The Bertz CT molecular complexity index is 207. The van der Waals surface area contributed by atoms with Gasteiger partial charge in [-0.15, -0.1) is 0 Å². The van der Waals surface area contributed by atoms with Crippen molar-refractivity contribution in [2.75, 3.05) is 13.1 Å². The van der Waals surface area contributed by atoms with E-state index in [4.69, 9.17) is 5.11 Å². The molecule has 4 N–H and O–H groups in total. The molecule has 0 aromatic rings.